The van der Waals surface area contributed by atoms with Crippen molar-refractivity contribution in [3.05, 3.63) is 12.5 Å². The zero-order valence-corrected chi connectivity index (χ0v) is 6.31. The van der Waals surface area contributed by atoms with Crippen molar-refractivity contribution in [1.82, 2.24) is 19.9 Å². The lowest BCUT2D eigenvalue weighted by atomic mass is 10.6. The summed E-state index contributed by atoms with van der Waals surface area (Å²) in [7, 11) is 1.39. The van der Waals surface area contributed by atoms with Gasteiger partial charge in [-0.05, 0) is 0 Å². The molecule has 0 unspecified atom stereocenters. The van der Waals surface area contributed by atoms with Crippen LogP contribution in [-0.4, -0.2) is 27.0 Å². The van der Waals surface area contributed by atoms with Crippen molar-refractivity contribution in [2.75, 3.05) is 7.11 Å². The van der Waals surface area contributed by atoms with Gasteiger partial charge in [-0.25, -0.2) is 4.98 Å². The summed E-state index contributed by atoms with van der Waals surface area (Å²) in [6, 6.07) is 0.150. The second-order valence-electron chi connectivity index (χ2n) is 2.04. The van der Waals surface area contributed by atoms with Gasteiger partial charge in [0.1, 0.15) is 5.52 Å². The Bertz CT molecular complexity index is 386. The molecule has 0 saturated heterocycles. The minimum Gasteiger partial charge on any atom is -0.342 e. The molecule has 6 heteroatoms. The van der Waals surface area contributed by atoms with Crippen LogP contribution < -0.4 is 4.89 Å². The Morgan fingerprint density at radius 3 is 3.17 bits per heavy atom. The third-order valence-electron chi connectivity index (χ3n) is 1.31. The van der Waals surface area contributed by atoms with Crippen LogP contribution in [-0.2, 0) is 4.89 Å². The molecule has 0 aliphatic rings. The molecule has 62 valence electrons. The fraction of sp³-hybridized carbons (Fsp3) is 0.167. The van der Waals surface area contributed by atoms with Crippen LogP contribution in [0.4, 0.5) is 0 Å². The van der Waals surface area contributed by atoms with Gasteiger partial charge in [0.25, 0.3) is 0 Å². The van der Waals surface area contributed by atoms with Crippen LogP contribution in [0.3, 0.4) is 0 Å². The summed E-state index contributed by atoms with van der Waals surface area (Å²) in [6.45, 7) is 0. The molecule has 12 heavy (non-hydrogen) atoms. The van der Waals surface area contributed by atoms with Crippen LogP contribution in [0.1, 0.15) is 0 Å². The van der Waals surface area contributed by atoms with Crippen LogP contribution in [0, 0.1) is 0 Å². The fourth-order valence-corrected chi connectivity index (χ4v) is 0.835. The number of aromatic nitrogens is 4. The quantitative estimate of drug-likeness (QED) is 0.512. The second-order valence-corrected chi connectivity index (χ2v) is 2.04. The number of nitrogens with one attached hydrogen (secondary N) is 1. The van der Waals surface area contributed by atoms with Crippen molar-refractivity contribution in [3.63, 3.8) is 0 Å². The van der Waals surface area contributed by atoms with E-state index in [9.17, 15) is 0 Å². The Morgan fingerprint density at radius 2 is 2.33 bits per heavy atom. The molecule has 0 atom stereocenters. The Hall–Kier alpha value is -1.69. The van der Waals surface area contributed by atoms with Gasteiger partial charge in [-0.2, -0.15) is 14.9 Å². The highest BCUT2D eigenvalue weighted by Crippen LogP contribution is 2.08. The van der Waals surface area contributed by atoms with E-state index in [0.717, 1.165) is 5.52 Å². The van der Waals surface area contributed by atoms with Crippen molar-refractivity contribution < 1.29 is 9.78 Å². The first kappa shape index (κ1) is 6.99. The molecule has 0 amide bonds. The summed E-state index contributed by atoms with van der Waals surface area (Å²) in [5, 5.41) is 0. The largest absolute Gasteiger partial charge is 0.355 e. The number of fused-ring (bicyclic) bond motifs is 1. The van der Waals surface area contributed by atoms with Gasteiger partial charge in [-0.1, -0.05) is 0 Å². The van der Waals surface area contributed by atoms with Gasteiger partial charge < -0.3 is 4.98 Å². The zero-order chi connectivity index (χ0) is 8.39. The van der Waals surface area contributed by atoms with E-state index in [0.29, 0.717) is 5.65 Å². The molecular weight excluding hydrogens is 160 g/mol. The molecule has 2 rings (SSSR count). The number of hydrogen-bond acceptors (Lipinski definition) is 5. The van der Waals surface area contributed by atoms with Crippen molar-refractivity contribution >= 4 is 11.2 Å². The van der Waals surface area contributed by atoms with Crippen LogP contribution in [0.5, 0.6) is 6.01 Å². The molecule has 0 aromatic carbocycles. The van der Waals surface area contributed by atoms with E-state index in [1.54, 1.807) is 6.20 Å². The number of H-pyrrole nitrogens is 1. The maximum atomic E-state index is 4.61. The van der Waals surface area contributed by atoms with E-state index in [4.69, 9.17) is 0 Å². The van der Waals surface area contributed by atoms with Gasteiger partial charge in [0.2, 0.25) is 0 Å². The van der Waals surface area contributed by atoms with E-state index >= 15 is 0 Å². The van der Waals surface area contributed by atoms with Crippen LogP contribution in [0.2, 0.25) is 0 Å². The molecule has 0 fully saturated rings. The van der Waals surface area contributed by atoms with Crippen LogP contribution in [0.15, 0.2) is 12.5 Å². The Kier molecular flexibility index (Phi) is 1.60. The summed E-state index contributed by atoms with van der Waals surface area (Å²) in [6.07, 6.45) is 3.11. The number of nitrogens with zero attached hydrogens (tertiary/aromatic N) is 3. The number of rotatable bonds is 2. The molecule has 0 bridgehead atoms. The lowest BCUT2D eigenvalue weighted by Gasteiger charge is -1.95. The van der Waals surface area contributed by atoms with E-state index < -0.39 is 0 Å². The van der Waals surface area contributed by atoms with E-state index in [2.05, 4.69) is 29.7 Å². The fourth-order valence-electron chi connectivity index (χ4n) is 0.835. The summed E-state index contributed by atoms with van der Waals surface area (Å²) in [5.41, 5.74) is 1.32. The average molecular weight is 166 g/mol. The summed E-state index contributed by atoms with van der Waals surface area (Å²) >= 11 is 0. The van der Waals surface area contributed by atoms with Gasteiger partial charge in [-0.15, -0.1) is 0 Å². The van der Waals surface area contributed by atoms with Crippen molar-refractivity contribution in [1.29, 1.82) is 0 Å². The zero-order valence-electron chi connectivity index (χ0n) is 6.31. The maximum absolute atomic E-state index is 4.61. The lowest BCUT2D eigenvalue weighted by molar-refractivity contribution is -0.185. The van der Waals surface area contributed by atoms with E-state index in [-0.39, 0.29) is 6.01 Å². The topological polar surface area (TPSA) is 72.9 Å². The summed E-state index contributed by atoms with van der Waals surface area (Å²) in [5.74, 6) is 0. The molecule has 2 heterocycles. The molecule has 0 saturated carbocycles. The molecule has 0 spiro atoms. The van der Waals surface area contributed by atoms with Gasteiger partial charge in [-0.3, -0.25) is 4.89 Å². The summed E-state index contributed by atoms with van der Waals surface area (Å²) < 4.78 is 0. The molecule has 0 aliphatic heterocycles. The number of hydrogen-bond donors (Lipinski definition) is 1. The smallest absolute Gasteiger partial charge is 0.342 e. The molecule has 0 radical (unpaired) electrons. The first-order valence-corrected chi connectivity index (χ1v) is 3.27. The summed E-state index contributed by atoms with van der Waals surface area (Å²) in [4.78, 5) is 23.5. The Labute approximate surface area is 67.5 Å². The highest BCUT2D eigenvalue weighted by Gasteiger charge is 2.01. The van der Waals surface area contributed by atoms with Crippen molar-refractivity contribution in [3.8, 4) is 6.01 Å². The van der Waals surface area contributed by atoms with Gasteiger partial charge in [0, 0.05) is 0 Å². The predicted octanol–water partition coefficient (Wildman–Crippen LogP) is 0.293. The van der Waals surface area contributed by atoms with Crippen LogP contribution in [0.25, 0.3) is 11.2 Å². The Morgan fingerprint density at radius 1 is 1.42 bits per heavy atom. The normalized spacial score (nSPS) is 10.4. The van der Waals surface area contributed by atoms with Crippen LogP contribution >= 0.6 is 0 Å². The molecule has 2 aromatic rings. The third-order valence-corrected chi connectivity index (χ3v) is 1.31. The Balaban J connectivity index is 2.46. The number of imidazole rings is 1. The highest BCUT2D eigenvalue weighted by molar-refractivity contribution is 5.68. The SMILES string of the molecule is COOc1ncc2[nH]cnc2n1. The standard InChI is InChI=1S/C6H6N4O2/c1-11-12-6-7-2-4-5(10-6)9-3-8-4/h2-3H,1H3,(H,7,8,9,10). The highest BCUT2D eigenvalue weighted by atomic mass is 17.2. The van der Waals surface area contributed by atoms with E-state index in [1.807, 2.05) is 0 Å². The molecule has 0 aliphatic carbocycles. The van der Waals surface area contributed by atoms with E-state index in [1.165, 1.54) is 13.4 Å². The van der Waals surface area contributed by atoms with Gasteiger partial charge in [0.15, 0.2) is 5.65 Å². The van der Waals surface area contributed by atoms with Gasteiger partial charge in [0.05, 0.1) is 19.6 Å². The monoisotopic (exact) mass is 166 g/mol. The third kappa shape index (κ3) is 1.08. The maximum Gasteiger partial charge on any atom is 0.355 e. The number of aromatic amines is 1. The average Bonchev–Trinajstić information content (AvgIpc) is 2.51. The molecule has 1 N–H and O–H groups in total. The minimum absolute atomic E-state index is 0.150. The molecule has 2 aromatic heterocycles. The lowest BCUT2D eigenvalue weighted by Crippen LogP contribution is -1.96. The minimum atomic E-state index is 0.150. The molecular formula is C6H6N4O2. The predicted molar refractivity (Wildman–Crippen MR) is 39.3 cm³/mol. The second kappa shape index (κ2) is 2.74. The van der Waals surface area contributed by atoms with Crippen molar-refractivity contribution in [2.45, 2.75) is 0 Å². The first-order valence-electron chi connectivity index (χ1n) is 3.27. The first-order chi connectivity index (χ1) is 5.90. The molecule has 6 nitrogen and oxygen atoms in total. The van der Waals surface area contributed by atoms with Gasteiger partial charge >= 0.3 is 6.01 Å². The van der Waals surface area contributed by atoms with Crippen molar-refractivity contribution in [2.24, 2.45) is 0 Å².